The summed E-state index contributed by atoms with van der Waals surface area (Å²) >= 11 is 0. The molecule has 1 aromatic carbocycles. The predicted molar refractivity (Wildman–Crippen MR) is 97.5 cm³/mol. The monoisotopic (exact) mass is 358 g/mol. The van der Waals surface area contributed by atoms with E-state index < -0.39 is 6.10 Å². The van der Waals surface area contributed by atoms with Gasteiger partial charge in [0, 0.05) is 31.1 Å². The molecule has 2 heterocycles. The Morgan fingerprint density at radius 3 is 3.00 bits per heavy atom. The van der Waals surface area contributed by atoms with Gasteiger partial charge in [-0.2, -0.15) is 0 Å². The highest BCUT2D eigenvalue weighted by atomic mass is 16.5. The number of ether oxygens (including phenoxy) is 2. The number of aliphatic hydroxyl groups excluding tert-OH is 1. The van der Waals surface area contributed by atoms with Gasteiger partial charge in [-0.3, -0.25) is 0 Å². The average Bonchev–Trinajstić information content (AvgIpc) is 2.82. The first-order chi connectivity index (χ1) is 12.4. The quantitative estimate of drug-likeness (QED) is 0.796. The molecule has 0 saturated carbocycles. The summed E-state index contributed by atoms with van der Waals surface area (Å²) in [5.41, 5.74) is 1.89. The summed E-state index contributed by atoms with van der Waals surface area (Å²) in [5.74, 6) is 1.47. The molecule has 4 rings (SSSR count). The Bertz CT molecular complexity index is 760. The van der Waals surface area contributed by atoms with Gasteiger partial charge in [-0.25, -0.2) is 4.79 Å². The minimum Gasteiger partial charge on any atom is -0.493 e. The maximum atomic E-state index is 12.6. The van der Waals surface area contributed by atoms with Gasteiger partial charge in [0.15, 0.2) is 11.5 Å². The number of carbonyl (C=O) groups excluding carboxylic acids is 1. The van der Waals surface area contributed by atoms with Gasteiger partial charge in [0.25, 0.3) is 0 Å². The first kappa shape index (κ1) is 17.2. The van der Waals surface area contributed by atoms with E-state index in [9.17, 15) is 9.90 Å². The number of amides is 2. The number of aliphatic hydroxyl groups is 1. The predicted octanol–water partition coefficient (Wildman–Crippen LogP) is 2.34. The molecule has 1 aliphatic carbocycles. The number of carbonyl (C=O) groups is 1. The second-order valence-corrected chi connectivity index (χ2v) is 7.72. The Labute approximate surface area is 153 Å². The van der Waals surface area contributed by atoms with Crippen LogP contribution in [0, 0.1) is 0 Å². The maximum absolute atomic E-state index is 12.6. The Morgan fingerprint density at radius 1 is 1.46 bits per heavy atom. The standard InChI is InChI=1S/C20H26N2O4/c1-12(2)21-19(24)22-9-8-20-7-6-14(23)10-16(20)26-18-15(25-3)5-4-13(11-22)17(18)20/h4-7,12,14,16,23H,8-11H2,1-3H3,(H,21,24)/t14-,16-,20-/m0/s1. The summed E-state index contributed by atoms with van der Waals surface area (Å²) in [4.78, 5) is 14.5. The van der Waals surface area contributed by atoms with Crippen LogP contribution in [0.15, 0.2) is 24.3 Å². The first-order valence-corrected chi connectivity index (χ1v) is 9.24. The molecule has 3 aliphatic rings. The molecule has 1 aromatic rings. The molecule has 0 bridgehead atoms. The molecule has 2 N–H and O–H groups in total. The van der Waals surface area contributed by atoms with Crippen molar-refractivity contribution >= 4 is 6.03 Å². The third kappa shape index (κ3) is 2.55. The fourth-order valence-corrected chi connectivity index (χ4v) is 4.45. The lowest BCUT2D eigenvalue weighted by Gasteiger charge is -2.35. The van der Waals surface area contributed by atoms with Crippen LogP contribution < -0.4 is 14.8 Å². The topological polar surface area (TPSA) is 71.0 Å². The van der Waals surface area contributed by atoms with Gasteiger partial charge in [0.05, 0.1) is 18.6 Å². The lowest BCUT2D eigenvalue weighted by Crippen LogP contribution is -2.45. The average molecular weight is 358 g/mol. The fourth-order valence-electron chi connectivity index (χ4n) is 4.45. The van der Waals surface area contributed by atoms with Crippen LogP contribution in [0.25, 0.3) is 0 Å². The number of rotatable bonds is 2. The zero-order valence-electron chi connectivity index (χ0n) is 15.5. The van der Waals surface area contributed by atoms with Crippen molar-refractivity contribution in [1.29, 1.82) is 0 Å². The maximum Gasteiger partial charge on any atom is 0.317 e. The van der Waals surface area contributed by atoms with Gasteiger partial charge < -0.3 is 24.8 Å². The number of nitrogens with one attached hydrogen (secondary N) is 1. The molecule has 0 radical (unpaired) electrons. The Balaban J connectivity index is 1.79. The molecule has 2 aliphatic heterocycles. The number of hydrogen-bond donors (Lipinski definition) is 2. The van der Waals surface area contributed by atoms with Crippen LogP contribution in [0.5, 0.6) is 11.5 Å². The van der Waals surface area contributed by atoms with Crippen molar-refractivity contribution in [3.8, 4) is 11.5 Å². The van der Waals surface area contributed by atoms with Gasteiger partial charge in [-0.15, -0.1) is 0 Å². The van der Waals surface area contributed by atoms with Crippen molar-refractivity contribution in [2.75, 3.05) is 13.7 Å². The number of urea groups is 1. The lowest BCUT2D eigenvalue weighted by molar-refractivity contribution is 0.0820. The lowest BCUT2D eigenvalue weighted by atomic mass is 9.69. The molecular weight excluding hydrogens is 332 g/mol. The van der Waals surface area contributed by atoms with Gasteiger partial charge >= 0.3 is 6.03 Å². The minimum absolute atomic E-state index is 0.0433. The van der Waals surface area contributed by atoms with Gasteiger partial charge in [-0.05, 0) is 31.9 Å². The van der Waals surface area contributed by atoms with Crippen molar-refractivity contribution in [3.05, 3.63) is 35.4 Å². The normalized spacial score (nSPS) is 28.9. The molecule has 6 heteroatoms. The molecule has 2 amide bonds. The van der Waals surface area contributed by atoms with E-state index in [-0.39, 0.29) is 23.6 Å². The molecule has 0 aromatic heterocycles. The smallest absolute Gasteiger partial charge is 0.317 e. The van der Waals surface area contributed by atoms with Crippen molar-refractivity contribution < 1.29 is 19.4 Å². The van der Waals surface area contributed by atoms with Crippen molar-refractivity contribution in [3.63, 3.8) is 0 Å². The zero-order chi connectivity index (χ0) is 18.5. The molecular formula is C20H26N2O4. The van der Waals surface area contributed by atoms with Crippen LogP contribution >= 0.6 is 0 Å². The van der Waals surface area contributed by atoms with E-state index in [1.807, 2.05) is 37.0 Å². The van der Waals surface area contributed by atoms with E-state index in [4.69, 9.17) is 9.47 Å². The molecule has 26 heavy (non-hydrogen) atoms. The highest BCUT2D eigenvalue weighted by Crippen LogP contribution is 2.55. The van der Waals surface area contributed by atoms with E-state index in [0.717, 1.165) is 23.3 Å². The molecule has 1 spiro atoms. The summed E-state index contributed by atoms with van der Waals surface area (Å²) in [5, 5.41) is 13.1. The third-order valence-corrected chi connectivity index (χ3v) is 5.66. The number of nitrogens with zero attached hydrogens (tertiary/aromatic N) is 1. The summed E-state index contributed by atoms with van der Waals surface area (Å²) < 4.78 is 11.8. The summed E-state index contributed by atoms with van der Waals surface area (Å²) in [6.45, 7) is 5.10. The van der Waals surface area contributed by atoms with Gasteiger partial charge in [0.2, 0.25) is 0 Å². The molecule has 140 valence electrons. The summed E-state index contributed by atoms with van der Waals surface area (Å²) in [6, 6.07) is 3.99. The van der Waals surface area contributed by atoms with Crippen LogP contribution in [-0.4, -0.2) is 47.9 Å². The van der Waals surface area contributed by atoms with Crippen LogP contribution in [-0.2, 0) is 12.0 Å². The third-order valence-electron chi connectivity index (χ3n) is 5.66. The van der Waals surface area contributed by atoms with E-state index in [0.29, 0.717) is 25.3 Å². The molecule has 0 unspecified atom stereocenters. The Kier molecular flexibility index (Phi) is 4.10. The fraction of sp³-hybridized carbons (Fsp3) is 0.550. The molecule has 3 atom stereocenters. The number of methoxy groups -OCH3 is 1. The summed E-state index contributed by atoms with van der Waals surface area (Å²) in [6.07, 6.45) is 4.62. The largest absolute Gasteiger partial charge is 0.493 e. The first-order valence-electron chi connectivity index (χ1n) is 9.24. The van der Waals surface area contributed by atoms with Crippen molar-refractivity contribution in [2.24, 2.45) is 0 Å². The van der Waals surface area contributed by atoms with E-state index in [2.05, 4.69) is 11.4 Å². The van der Waals surface area contributed by atoms with Crippen molar-refractivity contribution in [1.82, 2.24) is 10.2 Å². The zero-order valence-corrected chi connectivity index (χ0v) is 15.5. The highest BCUT2D eigenvalue weighted by molar-refractivity contribution is 5.75. The number of hydrogen-bond acceptors (Lipinski definition) is 4. The van der Waals surface area contributed by atoms with E-state index in [1.165, 1.54) is 0 Å². The SMILES string of the molecule is COc1ccc2c3c1O[C@H]1C[C@@H](O)C=C[C@@]31CCN(C(=O)NC(C)C)C2. The minimum atomic E-state index is -0.502. The molecule has 6 nitrogen and oxygen atoms in total. The van der Waals surface area contributed by atoms with Crippen LogP contribution in [0.4, 0.5) is 4.79 Å². The Hall–Kier alpha value is -2.21. The van der Waals surface area contributed by atoms with E-state index >= 15 is 0 Å². The van der Waals surface area contributed by atoms with Crippen LogP contribution in [0.2, 0.25) is 0 Å². The van der Waals surface area contributed by atoms with Gasteiger partial charge in [0.1, 0.15) is 6.10 Å². The van der Waals surface area contributed by atoms with Crippen LogP contribution in [0.1, 0.15) is 37.8 Å². The van der Waals surface area contributed by atoms with E-state index in [1.54, 1.807) is 7.11 Å². The molecule has 0 saturated heterocycles. The van der Waals surface area contributed by atoms with Gasteiger partial charge in [-0.1, -0.05) is 18.2 Å². The van der Waals surface area contributed by atoms with Crippen molar-refractivity contribution in [2.45, 2.75) is 56.9 Å². The number of benzene rings is 1. The second kappa shape index (κ2) is 6.20. The highest BCUT2D eigenvalue weighted by Gasteiger charge is 2.53. The second-order valence-electron chi connectivity index (χ2n) is 7.72. The Morgan fingerprint density at radius 2 is 2.27 bits per heavy atom. The summed E-state index contributed by atoms with van der Waals surface area (Å²) in [7, 11) is 1.64. The van der Waals surface area contributed by atoms with Crippen LogP contribution in [0.3, 0.4) is 0 Å². The molecule has 0 fully saturated rings.